The lowest BCUT2D eigenvalue weighted by Crippen LogP contribution is -2.27. The summed E-state index contributed by atoms with van der Waals surface area (Å²) >= 11 is 3.34. The fraction of sp³-hybridized carbons (Fsp3) is 0.273. The van der Waals surface area contributed by atoms with E-state index >= 15 is 0 Å². The summed E-state index contributed by atoms with van der Waals surface area (Å²) in [6, 6.07) is 4.91. The van der Waals surface area contributed by atoms with Crippen molar-refractivity contribution in [1.29, 1.82) is 0 Å². The maximum atomic E-state index is 12.1. The van der Waals surface area contributed by atoms with Crippen LogP contribution in [0.15, 0.2) is 40.0 Å². The largest absolute Gasteiger partial charge is 0.251 e. The van der Waals surface area contributed by atoms with Crippen LogP contribution in [0.4, 0.5) is 0 Å². The Labute approximate surface area is 120 Å². The van der Waals surface area contributed by atoms with Crippen molar-refractivity contribution in [3.05, 3.63) is 40.6 Å². The first-order valence-electron chi connectivity index (χ1n) is 5.59. The van der Waals surface area contributed by atoms with Gasteiger partial charge in [0.15, 0.2) is 0 Å². The summed E-state index contributed by atoms with van der Waals surface area (Å²) in [7, 11) is -3.49. The number of nitrogens with one attached hydrogen (secondary N) is 1. The molecule has 2 rings (SSSR count). The minimum absolute atomic E-state index is 0.256. The van der Waals surface area contributed by atoms with Gasteiger partial charge in [-0.15, -0.1) is 5.10 Å². The fourth-order valence-electron chi connectivity index (χ4n) is 1.51. The normalized spacial score (nSPS) is 11.7. The van der Waals surface area contributed by atoms with E-state index in [0.717, 1.165) is 10.0 Å². The lowest BCUT2D eigenvalue weighted by molar-refractivity contribution is 0.553. The van der Waals surface area contributed by atoms with Crippen molar-refractivity contribution in [2.75, 3.05) is 6.54 Å². The number of benzene rings is 1. The second-order valence-electron chi connectivity index (χ2n) is 3.97. The molecule has 0 saturated carbocycles. The van der Waals surface area contributed by atoms with Crippen LogP contribution in [-0.4, -0.2) is 30.0 Å². The molecule has 0 bridgehead atoms. The highest BCUT2D eigenvalue weighted by molar-refractivity contribution is 9.10. The fourth-order valence-corrected chi connectivity index (χ4v) is 2.87. The Hall–Kier alpha value is -1.25. The molecule has 1 aromatic carbocycles. The number of hydrogen-bond donors (Lipinski definition) is 1. The van der Waals surface area contributed by atoms with Crippen molar-refractivity contribution < 1.29 is 8.42 Å². The number of hydrogen-bond acceptors (Lipinski definition) is 4. The van der Waals surface area contributed by atoms with E-state index in [4.69, 9.17) is 0 Å². The summed E-state index contributed by atoms with van der Waals surface area (Å²) in [5.74, 6) is 0. The third-order valence-corrected chi connectivity index (χ3v) is 4.89. The summed E-state index contributed by atoms with van der Waals surface area (Å²) < 4.78 is 29.1. The minimum Gasteiger partial charge on any atom is -0.251 e. The van der Waals surface area contributed by atoms with Gasteiger partial charge in [-0.25, -0.2) is 13.1 Å². The van der Waals surface area contributed by atoms with Gasteiger partial charge in [-0.05, 0) is 30.7 Å². The lowest BCUT2D eigenvalue weighted by atomic mass is 10.2. The Kier molecular flexibility index (Phi) is 4.33. The van der Waals surface area contributed by atoms with Gasteiger partial charge in [0.05, 0.1) is 17.6 Å². The Bertz CT molecular complexity index is 655. The van der Waals surface area contributed by atoms with Crippen LogP contribution in [0.2, 0.25) is 0 Å². The zero-order valence-corrected chi connectivity index (χ0v) is 12.6. The molecule has 0 spiro atoms. The topological polar surface area (TPSA) is 76.9 Å². The predicted molar refractivity (Wildman–Crippen MR) is 74.1 cm³/mol. The van der Waals surface area contributed by atoms with Crippen LogP contribution in [0.5, 0.6) is 0 Å². The monoisotopic (exact) mass is 344 g/mol. The molecule has 1 aromatic heterocycles. The molecule has 2 aromatic rings. The first kappa shape index (κ1) is 14.2. The molecule has 0 fully saturated rings. The Morgan fingerprint density at radius 1 is 1.42 bits per heavy atom. The predicted octanol–water partition coefficient (Wildman–Crippen LogP) is 1.33. The molecule has 8 heteroatoms. The second-order valence-corrected chi connectivity index (χ2v) is 6.60. The molecule has 1 heterocycles. The number of aromatic nitrogens is 3. The van der Waals surface area contributed by atoms with Gasteiger partial charge in [-0.2, -0.15) is 0 Å². The number of nitrogens with zero attached hydrogens (tertiary/aromatic N) is 3. The van der Waals surface area contributed by atoms with Gasteiger partial charge < -0.3 is 0 Å². The Morgan fingerprint density at radius 2 is 2.21 bits per heavy atom. The molecule has 102 valence electrons. The smallest absolute Gasteiger partial charge is 0.240 e. The van der Waals surface area contributed by atoms with Crippen LogP contribution in [0, 0.1) is 6.92 Å². The van der Waals surface area contributed by atoms with Crippen molar-refractivity contribution in [1.82, 2.24) is 19.7 Å². The molecule has 0 atom stereocenters. The second kappa shape index (κ2) is 5.81. The third-order valence-electron chi connectivity index (χ3n) is 2.54. The highest BCUT2D eigenvalue weighted by Gasteiger charge is 2.14. The molecule has 0 saturated heterocycles. The Morgan fingerprint density at radius 3 is 2.84 bits per heavy atom. The minimum atomic E-state index is -3.49. The summed E-state index contributed by atoms with van der Waals surface area (Å²) in [6.07, 6.45) is 3.23. The molecular formula is C11H13BrN4O2S. The van der Waals surface area contributed by atoms with Gasteiger partial charge in [-0.3, -0.25) is 4.68 Å². The van der Waals surface area contributed by atoms with Crippen molar-refractivity contribution >= 4 is 26.0 Å². The molecule has 0 unspecified atom stereocenters. The van der Waals surface area contributed by atoms with Crippen LogP contribution in [-0.2, 0) is 16.6 Å². The van der Waals surface area contributed by atoms with Crippen molar-refractivity contribution in [3.63, 3.8) is 0 Å². The Balaban J connectivity index is 2.03. The van der Waals surface area contributed by atoms with Crippen LogP contribution in [0.25, 0.3) is 0 Å². The number of sulfonamides is 1. The first-order valence-corrected chi connectivity index (χ1v) is 7.86. The van der Waals surface area contributed by atoms with Gasteiger partial charge >= 0.3 is 0 Å². The summed E-state index contributed by atoms with van der Waals surface area (Å²) in [5, 5.41) is 7.41. The van der Waals surface area contributed by atoms with E-state index in [-0.39, 0.29) is 11.4 Å². The maximum Gasteiger partial charge on any atom is 0.240 e. The molecule has 6 nitrogen and oxygen atoms in total. The third kappa shape index (κ3) is 3.62. The molecule has 0 aliphatic rings. The zero-order valence-electron chi connectivity index (χ0n) is 10.2. The standard InChI is InChI=1S/C11H13BrN4O2S/c1-9-8-10(2-3-11(9)12)19(17,18)14-5-7-16-6-4-13-15-16/h2-4,6,8,14H,5,7H2,1H3. The zero-order chi connectivity index (χ0) is 13.9. The van der Waals surface area contributed by atoms with Gasteiger partial charge in [0.2, 0.25) is 10.0 Å². The van der Waals surface area contributed by atoms with Crippen molar-refractivity contribution in [2.24, 2.45) is 0 Å². The van der Waals surface area contributed by atoms with E-state index in [9.17, 15) is 8.42 Å². The van der Waals surface area contributed by atoms with Gasteiger partial charge in [0.1, 0.15) is 0 Å². The van der Waals surface area contributed by atoms with E-state index < -0.39 is 10.0 Å². The van der Waals surface area contributed by atoms with Crippen molar-refractivity contribution in [3.8, 4) is 0 Å². The molecule has 1 N–H and O–H groups in total. The maximum absolute atomic E-state index is 12.1. The van der Waals surface area contributed by atoms with E-state index in [1.165, 1.54) is 0 Å². The quantitative estimate of drug-likeness (QED) is 0.887. The van der Waals surface area contributed by atoms with E-state index in [1.54, 1.807) is 35.3 Å². The van der Waals surface area contributed by atoms with E-state index in [0.29, 0.717) is 6.54 Å². The number of rotatable bonds is 5. The highest BCUT2D eigenvalue weighted by atomic mass is 79.9. The average Bonchev–Trinajstić information content (AvgIpc) is 2.85. The molecule has 19 heavy (non-hydrogen) atoms. The SMILES string of the molecule is Cc1cc(S(=O)(=O)NCCn2ccnn2)ccc1Br. The first-order chi connectivity index (χ1) is 8.99. The van der Waals surface area contributed by atoms with Gasteiger partial charge in [0, 0.05) is 17.2 Å². The van der Waals surface area contributed by atoms with Crippen LogP contribution >= 0.6 is 15.9 Å². The van der Waals surface area contributed by atoms with Crippen LogP contribution in [0.1, 0.15) is 5.56 Å². The average molecular weight is 345 g/mol. The van der Waals surface area contributed by atoms with Crippen LogP contribution < -0.4 is 4.72 Å². The summed E-state index contributed by atoms with van der Waals surface area (Å²) in [4.78, 5) is 0.256. The van der Waals surface area contributed by atoms with E-state index in [2.05, 4.69) is 31.0 Å². The summed E-state index contributed by atoms with van der Waals surface area (Å²) in [6.45, 7) is 2.55. The van der Waals surface area contributed by atoms with E-state index in [1.807, 2.05) is 6.92 Å². The van der Waals surface area contributed by atoms with Gasteiger partial charge in [-0.1, -0.05) is 21.1 Å². The molecule has 0 aliphatic carbocycles. The van der Waals surface area contributed by atoms with Crippen molar-refractivity contribution in [2.45, 2.75) is 18.4 Å². The number of aryl methyl sites for hydroxylation is 1. The lowest BCUT2D eigenvalue weighted by Gasteiger charge is -2.08. The molecule has 0 amide bonds. The van der Waals surface area contributed by atoms with Crippen LogP contribution in [0.3, 0.4) is 0 Å². The highest BCUT2D eigenvalue weighted by Crippen LogP contribution is 2.19. The summed E-state index contributed by atoms with van der Waals surface area (Å²) in [5.41, 5.74) is 0.874. The van der Waals surface area contributed by atoms with Gasteiger partial charge in [0.25, 0.3) is 0 Å². The molecular weight excluding hydrogens is 332 g/mol. The number of halogens is 1. The molecule has 0 radical (unpaired) electrons. The molecule has 0 aliphatic heterocycles.